The van der Waals surface area contributed by atoms with Crippen molar-refractivity contribution in [2.45, 2.75) is 20.0 Å². The quantitative estimate of drug-likeness (QED) is 0.528. The lowest BCUT2D eigenvalue weighted by molar-refractivity contribution is 0.0749. The highest BCUT2D eigenvalue weighted by atomic mass is 16.2. The van der Waals surface area contributed by atoms with Crippen LogP contribution in [-0.2, 0) is 13.1 Å². The second-order valence-corrected chi connectivity index (χ2v) is 7.44. The van der Waals surface area contributed by atoms with E-state index in [-0.39, 0.29) is 5.91 Å². The van der Waals surface area contributed by atoms with E-state index >= 15 is 0 Å². The predicted molar refractivity (Wildman–Crippen MR) is 112 cm³/mol. The molecule has 1 aliphatic rings. The van der Waals surface area contributed by atoms with Crippen LogP contribution in [0.2, 0.25) is 0 Å². The Hall–Kier alpha value is -4.11. The SMILES string of the molecule is Cc1ccc(-n2nc3c(c2-n2cccc2)CN(C(=O)c2ccc(C#N)cc2)C3)cc1. The Morgan fingerprint density at radius 3 is 2.37 bits per heavy atom. The van der Waals surface area contributed by atoms with Gasteiger partial charge in [0.1, 0.15) is 5.82 Å². The van der Waals surface area contributed by atoms with E-state index in [4.69, 9.17) is 10.4 Å². The molecule has 1 aliphatic heterocycles. The Morgan fingerprint density at radius 2 is 1.70 bits per heavy atom. The van der Waals surface area contributed by atoms with Gasteiger partial charge in [-0.05, 0) is 55.5 Å². The summed E-state index contributed by atoms with van der Waals surface area (Å²) in [5.41, 5.74) is 5.26. The molecule has 5 rings (SSSR count). The van der Waals surface area contributed by atoms with Gasteiger partial charge in [-0.25, -0.2) is 4.68 Å². The second kappa shape index (κ2) is 7.05. The fraction of sp³-hybridized carbons (Fsp3) is 0.125. The van der Waals surface area contributed by atoms with Gasteiger partial charge in [-0.1, -0.05) is 17.7 Å². The number of carbonyl (C=O) groups excluding carboxylic acids is 1. The van der Waals surface area contributed by atoms with E-state index < -0.39 is 0 Å². The standard InChI is InChI=1S/C24H19N5O/c1-17-4-10-20(11-5-17)29-23(27-12-2-3-13-27)21-15-28(16-22(21)26-29)24(30)19-8-6-18(14-25)7-9-19/h2-13H,15-16H2,1H3. The van der Waals surface area contributed by atoms with Crippen molar-refractivity contribution in [1.82, 2.24) is 19.2 Å². The monoisotopic (exact) mass is 393 g/mol. The van der Waals surface area contributed by atoms with Crippen molar-refractivity contribution in [2.75, 3.05) is 0 Å². The number of nitriles is 1. The van der Waals surface area contributed by atoms with Gasteiger partial charge in [-0.15, -0.1) is 0 Å². The second-order valence-electron chi connectivity index (χ2n) is 7.44. The maximum absolute atomic E-state index is 13.0. The van der Waals surface area contributed by atoms with Crippen LogP contribution in [0.25, 0.3) is 11.5 Å². The number of benzene rings is 2. The molecule has 0 atom stereocenters. The van der Waals surface area contributed by atoms with Gasteiger partial charge in [0.15, 0.2) is 0 Å². The summed E-state index contributed by atoms with van der Waals surface area (Å²) in [5, 5.41) is 13.8. The van der Waals surface area contributed by atoms with E-state index in [1.165, 1.54) is 5.56 Å². The molecular formula is C24H19N5O. The number of fused-ring (bicyclic) bond motifs is 1. The van der Waals surface area contributed by atoms with Crippen LogP contribution in [0.15, 0.2) is 73.1 Å². The summed E-state index contributed by atoms with van der Waals surface area (Å²) in [6.45, 7) is 3.02. The molecule has 30 heavy (non-hydrogen) atoms. The topological polar surface area (TPSA) is 66.8 Å². The molecule has 6 nitrogen and oxygen atoms in total. The maximum atomic E-state index is 13.0. The highest BCUT2D eigenvalue weighted by Gasteiger charge is 2.31. The zero-order valence-corrected chi connectivity index (χ0v) is 16.5. The number of hydrogen-bond acceptors (Lipinski definition) is 3. The molecule has 0 bridgehead atoms. The molecular weight excluding hydrogens is 374 g/mol. The first-order chi connectivity index (χ1) is 14.6. The van der Waals surface area contributed by atoms with Crippen LogP contribution in [0.3, 0.4) is 0 Å². The fourth-order valence-corrected chi connectivity index (χ4v) is 3.82. The Kier molecular flexibility index (Phi) is 4.22. The summed E-state index contributed by atoms with van der Waals surface area (Å²) in [6, 6.07) is 21.1. The van der Waals surface area contributed by atoms with Crippen molar-refractivity contribution in [3.05, 3.63) is 101 Å². The molecule has 0 radical (unpaired) electrons. The highest BCUT2D eigenvalue weighted by molar-refractivity contribution is 5.94. The summed E-state index contributed by atoms with van der Waals surface area (Å²) in [4.78, 5) is 14.8. The van der Waals surface area contributed by atoms with Crippen LogP contribution in [0.4, 0.5) is 0 Å². The van der Waals surface area contributed by atoms with Gasteiger partial charge in [-0.3, -0.25) is 4.79 Å². The van der Waals surface area contributed by atoms with E-state index in [1.807, 2.05) is 33.8 Å². The third kappa shape index (κ3) is 2.97. The zero-order chi connectivity index (χ0) is 20.7. The number of carbonyl (C=O) groups is 1. The fourth-order valence-electron chi connectivity index (χ4n) is 3.82. The van der Waals surface area contributed by atoms with Gasteiger partial charge in [0.25, 0.3) is 5.91 Å². The van der Waals surface area contributed by atoms with Crippen LogP contribution < -0.4 is 0 Å². The van der Waals surface area contributed by atoms with Crippen molar-refractivity contribution >= 4 is 5.91 Å². The Labute approximate surface area is 174 Å². The molecule has 2 aromatic carbocycles. The third-order valence-corrected chi connectivity index (χ3v) is 5.40. The Bertz CT molecular complexity index is 1260. The summed E-state index contributed by atoms with van der Waals surface area (Å²) in [5.74, 6) is 0.895. The number of nitrogens with zero attached hydrogens (tertiary/aromatic N) is 5. The van der Waals surface area contributed by atoms with E-state index in [2.05, 4.69) is 37.3 Å². The molecule has 4 aromatic rings. The van der Waals surface area contributed by atoms with E-state index in [0.29, 0.717) is 24.2 Å². The smallest absolute Gasteiger partial charge is 0.254 e. The zero-order valence-electron chi connectivity index (χ0n) is 16.5. The summed E-state index contributed by atoms with van der Waals surface area (Å²) < 4.78 is 4.00. The first kappa shape index (κ1) is 18.0. The summed E-state index contributed by atoms with van der Waals surface area (Å²) in [7, 11) is 0. The highest BCUT2D eigenvalue weighted by Crippen LogP contribution is 2.31. The predicted octanol–water partition coefficient (Wildman–Crippen LogP) is 4.00. The van der Waals surface area contributed by atoms with E-state index in [9.17, 15) is 4.79 Å². The largest absolute Gasteiger partial charge is 0.328 e. The molecule has 146 valence electrons. The van der Waals surface area contributed by atoms with E-state index in [0.717, 1.165) is 22.8 Å². The van der Waals surface area contributed by atoms with Crippen molar-refractivity contribution in [1.29, 1.82) is 5.26 Å². The van der Waals surface area contributed by atoms with Gasteiger partial charge < -0.3 is 9.47 Å². The molecule has 0 N–H and O–H groups in total. The normalized spacial score (nSPS) is 12.6. The molecule has 1 amide bonds. The Morgan fingerprint density at radius 1 is 1.00 bits per heavy atom. The van der Waals surface area contributed by atoms with Crippen LogP contribution >= 0.6 is 0 Å². The molecule has 3 heterocycles. The average Bonchev–Trinajstić information content (AvgIpc) is 3.50. The van der Waals surface area contributed by atoms with Crippen molar-refractivity contribution in [2.24, 2.45) is 0 Å². The number of hydrogen-bond donors (Lipinski definition) is 0. The van der Waals surface area contributed by atoms with Crippen LogP contribution in [0, 0.1) is 18.3 Å². The van der Waals surface area contributed by atoms with Crippen molar-refractivity contribution in [3.8, 4) is 17.6 Å². The molecule has 2 aromatic heterocycles. The first-order valence-electron chi connectivity index (χ1n) is 9.74. The molecule has 6 heteroatoms. The molecule has 0 fully saturated rings. The molecule has 0 saturated heterocycles. The van der Waals surface area contributed by atoms with Crippen LogP contribution in [0.5, 0.6) is 0 Å². The van der Waals surface area contributed by atoms with Gasteiger partial charge in [0.2, 0.25) is 0 Å². The minimum absolute atomic E-state index is 0.0576. The lowest BCUT2D eigenvalue weighted by Gasteiger charge is -2.17. The number of aryl methyl sites for hydroxylation is 1. The van der Waals surface area contributed by atoms with E-state index in [1.54, 1.807) is 29.2 Å². The van der Waals surface area contributed by atoms with Gasteiger partial charge in [0.05, 0.1) is 36.1 Å². The van der Waals surface area contributed by atoms with Crippen LogP contribution in [0.1, 0.15) is 32.7 Å². The molecule has 0 saturated carbocycles. The first-order valence-corrected chi connectivity index (χ1v) is 9.74. The Balaban J connectivity index is 1.51. The lowest BCUT2D eigenvalue weighted by atomic mass is 10.1. The van der Waals surface area contributed by atoms with Gasteiger partial charge in [-0.2, -0.15) is 10.4 Å². The third-order valence-electron chi connectivity index (χ3n) is 5.40. The summed E-state index contributed by atoms with van der Waals surface area (Å²) >= 11 is 0. The minimum atomic E-state index is -0.0576. The van der Waals surface area contributed by atoms with Crippen LogP contribution in [-0.4, -0.2) is 25.2 Å². The number of rotatable bonds is 3. The number of aromatic nitrogens is 3. The van der Waals surface area contributed by atoms with Gasteiger partial charge >= 0.3 is 0 Å². The minimum Gasteiger partial charge on any atom is -0.328 e. The molecule has 0 spiro atoms. The molecule has 0 aliphatic carbocycles. The average molecular weight is 393 g/mol. The molecule has 0 unspecified atom stereocenters. The summed E-state index contributed by atoms with van der Waals surface area (Å²) in [6.07, 6.45) is 3.99. The van der Waals surface area contributed by atoms with Crippen molar-refractivity contribution < 1.29 is 4.79 Å². The van der Waals surface area contributed by atoms with Gasteiger partial charge in [0, 0.05) is 23.5 Å². The lowest BCUT2D eigenvalue weighted by Crippen LogP contribution is -2.26. The van der Waals surface area contributed by atoms with Crippen molar-refractivity contribution in [3.63, 3.8) is 0 Å². The number of amides is 1. The maximum Gasteiger partial charge on any atom is 0.254 e.